The van der Waals surface area contributed by atoms with Gasteiger partial charge in [-0.15, -0.1) is 21.5 Å². The Kier molecular flexibility index (Phi) is 4.30. The van der Waals surface area contributed by atoms with Crippen LogP contribution in [0.2, 0.25) is 0 Å². The number of nitrogens with zero attached hydrogens (tertiary/aromatic N) is 5. The highest BCUT2D eigenvalue weighted by molar-refractivity contribution is 7.98. The van der Waals surface area contributed by atoms with Crippen LogP contribution in [0.25, 0.3) is 4.96 Å². The number of thioether (sulfide) groups is 1. The van der Waals surface area contributed by atoms with Gasteiger partial charge in [-0.3, -0.25) is 9.20 Å². The summed E-state index contributed by atoms with van der Waals surface area (Å²) in [5, 5.41) is 11.6. The minimum atomic E-state index is -0.0358. The van der Waals surface area contributed by atoms with E-state index in [2.05, 4.69) is 19.7 Å². The highest BCUT2D eigenvalue weighted by Gasteiger charge is 2.31. The van der Waals surface area contributed by atoms with Crippen LogP contribution in [0.3, 0.4) is 0 Å². The Balaban J connectivity index is 1.38. The van der Waals surface area contributed by atoms with Gasteiger partial charge in [-0.05, 0) is 25.7 Å². The van der Waals surface area contributed by atoms with Crippen LogP contribution in [-0.4, -0.2) is 36.9 Å². The van der Waals surface area contributed by atoms with Gasteiger partial charge in [0, 0.05) is 35.9 Å². The largest absolute Gasteiger partial charge is 0.376 e. The van der Waals surface area contributed by atoms with Crippen molar-refractivity contribution in [1.29, 1.82) is 0 Å². The zero-order valence-electron chi connectivity index (χ0n) is 14.2. The molecule has 0 aromatic carbocycles. The maximum Gasteiger partial charge on any atom is 0.258 e. The van der Waals surface area contributed by atoms with Crippen molar-refractivity contribution in [3.63, 3.8) is 0 Å². The topological polar surface area (TPSA) is 74.3 Å². The zero-order valence-corrected chi connectivity index (χ0v) is 15.8. The predicted octanol–water partition coefficient (Wildman–Crippen LogP) is 2.70. The summed E-state index contributed by atoms with van der Waals surface area (Å²) in [4.78, 5) is 17.4. The molecule has 2 aliphatic rings. The van der Waals surface area contributed by atoms with E-state index < -0.39 is 0 Å². The lowest BCUT2D eigenvalue weighted by Crippen LogP contribution is -2.17. The Morgan fingerprint density at radius 2 is 2.23 bits per heavy atom. The first-order chi connectivity index (χ1) is 12.8. The lowest BCUT2D eigenvalue weighted by atomic mass is 10.2. The normalized spacial score (nSPS) is 20.2. The van der Waals surface area contributed by atoms with Crippen LogP contribution in [0.15, 0.2) is 27.6 Å². The molecule has 26 heavy (non-hydrogen) atoms. The summed E-state index contributed by atoms with van der Waals surface area (Å²) in [5.41, 5.74) is 0.744. The smallest absolute Gasteiger partial charge is 0.258 e. The van der Waals surface area contributed by atoms with E-state index in [1.165, 1.54) is 24.2 Å². The summed E-state index contributed by atoms with van der Waals surface area (Å²) >= 11 is 3.07. The Morgan fingerprint density at radius 1 is 1.31 bits per heavy atom. The molecule has 7 nitrogen and oxygen atoms in total. The molecule has 0 spiro atoms. The molecule has 1 aliphatic carbocycles. The van der Waals surface area contributed by atoms with E-state index in [1.54, 1.807) is 28.4 Å². The molecule has 3 aromatic rings. The van der Waals surface area contributed by atoms with E-state index in [4.69, 9.17) is 4.74 Å². The highest BCUT2D eigenvalue weighted by Crippen LogP contribution is 2.40. The molecule has 1 aliphatic heterocycles. The van der Waals surface area contributed by atoms with Gasteiger partial charge in [0.15, 0.2) is 10.1 Å². The molecule has 9 heteroatoms. The molecular formula is C17H19N5O2S2. The Morgan fingerprint density at radius 3 is 3.04 bits per heavy atom. The number of rotatable bonds is 6. The van der Waals surface area contributed by atoms with Gasteiger partial charge in [0.2, 0.25) is 0 Å². The lowest BCUT2D eigenvalue weighted by molar-refractivity contribution is 0.0942. The van der Waals surface area contributed by atoms with Crippen LogP contribution in [0, 0.1) is 0 Å². The van der Waals surface area contributed by atoms with Crippen LogP contribution in [0.4, 0.5) is 0 Å². The van der Waals surface area contributed by atoms with Crippen molar-refractivity contribution >= 4 is 28.1 Å². The molecule has 1 unspecified atom stereocenters. The van der Waals surface area contributed by atoms with E-state index in [0.717, 1.165) is 47.6 Å². The summed E-state index contributed by atoms with van der Waals surface area (Å²) in [6.07, 6.45) is 6.63. The third-order valence-corrected chi connectivity index (χ3v) is 6.56. The van der Waals surface area contributed by atoms with Gasteiger partial charge in [-0.25, -0.2) is 4.98 Å². The molecule has 3 aromatic heterocycles. The van der Waals surface area contributed by atoms with Crippen molar-refractivity contribution in [2.75, 3.05) is 6.61 Å². The molecule has 2 fully saturated rings. The van der Waals surface area contributed by atoms with Crippen molar-refractivity contribution in [2.45, 2.75) is 55.2 Å². The second-order valence-electron chi connectivity index (χ2n) is 6.79. The first-order valence-electron chi connectivity index (χ1n) is 8.91. The molecule has 136 valence electrons. The number of fused-ring (bicyclic) bond motifs is 1. The number of hydrogen-bond acceptors (Lipinski definition) is 7. The summed E-state index contributed by atoms with van der Waals surface area (Å²) in [7, 11) is 0. The molecule has 0 bridgehead atoms. The van der Waals surface area contributed by atoms with Crippen LogP contribution < -0.4 is 5.56 Å². The predicted molar refractivity (Wildman–Crippen MR) is 99.9 cm³/mol. The minimum Gasteiger partial charge on any atom is -0.376 e. The van der Waals surface area contributed by atoms with Gasteiger partial charge < -0.3 is 9.30 Å². The molecular weight excluding hydrogens is 370 g/mol. The maximum atomic E-state index is 12.1. The first kappa shape index (κ1) is 16.5. The Labute approximate surface area is 158 Å². The molecule has 0 N–H and O–H groups in total. The van der Waals surface area contributed by atoms with E-state index in [0.29, 0.717) is 11.7 Å². The summed E-state index contributed by atoms with van der Waals surface area (Å²) < 4.78 is 9.62. The number of ether oxygens (including phenoxy) is 1. The molecule has 0 radical (unpaired) electrons. The average molecular weight is 390 g/mol. The number of thiazole rings is 1. The maximum absolute atomic E-state index is 12.1. The average Bonchev–Trinajstić information content (AvgIpc) is 3.02. The Hall–Kier alpha value is -1.71. The van der Waals surface area contributed by atoms with Crippen LogP contribution >= 0.6 is 23.1 Å². The van der Waals surface area contributed by atoms with Crippen LogP contribution in [0.1, 0.15) is 43.1 Å². The van der Waals surface area contributed by atoms with E-state index in [1.807, 2.05) is 5.38 Å². The van der Waals surface area contributed by atoms with Crippen molar-refractivity contribution in [3.05, 3.63) is 39.5 Å². The summed E-state index contributed by atoms with van der Waals surface area (Å²) in [5.74, 6) is 2.24. The van der Waals surface area contributed by atoms with Gasteiger partial charge >= 0.3 is 0 Å². The van der Waals surface area contributed by atoms with Crippen LogP contribution in [-0.2, 0) is 17.0 Å². The van der Waals surface area contributed by atoms with Crippen molar-refractivity contribution in [2.24, 2.45) is 0 Å². The van der Waals surface area contributed by atoms with Gasteiger partial charge in [-0.1, -0.05) is 11.8 Å². The molecule has 1 saturated heterocycles. The standard InChI is InChI=1S/C17H19N5O2S2/c23-14-8-12(18-16-21(14)5-7-25-16)10-26-17-20-19-15(11-3-4-11)22(17)9-13-2-1-6-24-13/h5,7-8,11,13H,1-4,6,9-10H2. The second-order valence-corrected chi connectivity index (χ2v) is 8.61. The zero-order chi connectivity index (χ0) is 17.5. The third-order valence-electron chi connectivity index (χ3n) is 4.80. The van der Waals surface area contributed by atoms with Gasteiger partial charge in [0.1, 0.15) is 5.82 Å². The third kappa shape index (κ3) is 3.19. The highest BCUT2D eigenvalue weighted by atomic mass is 32.2. The lowest BCUT2D eigenvalue weighted by Gasteiger charge is -2.14. The molecule has 1 saturated carbocycles. The van der Waals surface area contributed by atoms with Crippen molar-refractivity contribution in [1.82, 2.24) is 24.1 Å². The fourth-order valence-corrected chi connectivity index (χ4v) is 4.90. The SMILES string of the molecule is O=c1cc(CSc2nnc(C3CC3)n2CC2CCCO2)nc2sccn12. The fraction of sp³-hybridized carbons (Fsp3) is 0.529. The van der Waals surface area contributed by atoms with E-state index in [-0.39, 0.29) is 11.7 Å². The fourth-order valence-electron chi connectivity index (χ4n) is 3.31. The number of aromatic nitrogens is 5. The molecule has 1 atom stereocenters. The molecule has 4 heterocycles. The van der Waals surface area contributed by atoms with Crippen molar-refractivity contribution < 1.29 is 4.74 Å². The minimum absolute atomic E-state index is 0.0358. The molecule has 5 rings (SSSR count). The van der Waals surface area contributed by atoms with E-state index >= 15 is 0 Å². The van der Waals surface area contributed by atoms with Crippen LogP contribution in [0.5, 0.6) is 0 Å². The van der Waals surface area contributed by atoms with E-state index in [9.17, 15) is 4.79 Å². The second kappa shape index (κ2) is 6.79. The summed E-state index contributed by atoms with van der Waals surface area (Å²) in [6.45, 7) is 1.67. The monoisotopic (exact) mass is 389 g/mol. The first-order valence-corrected chi connectivity index (χ1v) is 10.8. The van der Waals surface area contributed by atoms with Gasteiger partial charge in [0.05, 0.1) is 18.3 Å². The quantitative estimate of drug-likeness (QED) is 0.604. The van der Waals surface area contributed by atoms with Gasteiger partial charge in [0.25, 0.3) is 5.56 Å². The van der Waals surface area contributed by atoms with Gasteiger partial charge in [-0.2, -0.15) is 0 Å². The Bertz CT molecular complexity index is 985. The van der Waals surface area contributed by atoms with Crippen molar-refractivity contribution in [3.8, 4) is 0 Å². The molecule has 0 amide bonds. The number of hydrogen-bond donors (Lipinski definition) is 0. The summed E-state index contributed by atoms with van der Waals surface area (Å²) in [6, 6.07) is 1.61.